The van der Waals surface area contributed by atoms with Crippen LogP contribution in [-0.4, -0.2) is 17.2 Å². The Labute approximate surface area is 59.3 Å². The van der Waals surface area contributed by atoms with Gasteiger partial charge in [0.05, 0.1) is 6.10 Å². The molecule has 0 radical (unpaired) electrons. The molecule has 0 heterocycles. The lowest BCUT2D eigenvalue weighted by Gasteiger charge is -2.01. The van der Waals surface area contributed by atoms with E-state index in [0.29, 0.717) is 18.6 Å². The fraction of sp³-hybridized carbons (Fsp3) is 0.571. The van der Waals surface area contributed by atoms with Gasteiger partial charge in [0.2, 0.25) is 0 Å². The molecule has 3 heteroatoms. The van der Waals surface area contributed by atoms with Crippen LogP contribution >= 0.6 is 0 Å². The molecule has 0 fully saturated rings. The lowest BCUT2D eigenvalue weighted by atomic mass is 10.3. The Bertz CT molecular complexity index is 172. The predicted octanol–water partition coefficient (Wildman–Crippen LogP) is 0.588. The van der Waals surface area contributed by atoms with Crippen molar-refractivity contribution < 1.29 is 14.6 Å². The van der Waals surface area contributed by atoms with Gasteiger partial charge in [-0.3, -0.25) is 4.79 Å². The fourth-order valence-electron chi connectivity index (χ4n) is 0.934. The summed E-state index contributed by atoms with van der Waals surface area (Å²) in [5, 5.41) is 8.97. The predicted molar refractivity (Wildman–Crippen MR) is 35.1 cm³/mol. The zero-order chi connectivity index (χ0) is 7.56. The minimum Gasteiger partial charge on any atom is -0.432 e. The molecule has 1 rings (SSSR count). The molecule has 0 aliphatic heterocycles. The van der Waals surface area contributed by atoms with Crippen LogP contribution in [0.15, 0.2) is 11.8 Å². The van der Waals surface area contributed by atoms with E-state index in [0.717, 1.165) is 0 Å². The normalized spacial score (nSPS) is 24.2. The Morgan fingerprint density at radius 2 is 2.60 bits per heavy atom. The first kappa shape index (κ1) is 7.28. The summed E-state index contributed by atoms with van der Waals surface area (Å²) in [6.45, 7) is 1.35. The topological polar surface area (TPSA) is 46.5 Å². The molecule has 0 aromatic carbocycles. The van der Waals surface area contributed by atoms with Crippen LogP contribution in [0.3, 0.4) is 0 Å². The van der Waals surface area contributed by atoms with Crippen LogP contribution in [0.1, 0.15) is 19.8 Å². The molecule has 1 unspecified atom stereocenters. The molecule has 1 N–H and O–H groups in total. The second-order valence-corrected chi connectivity index (χ2v) is 2.36. The molecule has 0 bridgehead atoms. The molecular formula is C7H10O3. The van der Waals surface area contributed by atoms with E-state index < -0.39 is 0 Å². The molecule has 1 aliphatic carbocycles. The van der Waals surface area contributed by atoms with Crippen molar-refractivity contribution in [2.75, 3.05) is 0 Å². The van der Waals surface area contributed by atoms with E-state index >= 15 is 0 Å². The highest BCUT2D eigenvalue weighted by Gasteiger charge is 2.15. The first-order chi connectivity index (χ1) is 4.68. The maximum absolute atomic E-state index is 10.4. The zero-order valence-corrected chi connectivity index (χ0v) is 5.83. The molecular weight excluding hydrogens is 132 g/mol. The van der Waals surface area contributed by atoms with E-state index in [4.69, 9.17) is 9.84 Å². The average Bonchev–Trinajstić information content (AvgIpc) is 2.13. The lowest BCUT2D eigenvalue weighted by molar-refractivity contribution is -0.137. The number of esters is 1. The minimum absolute atomic E-state index is 0.319. The van der Waals surface area contributed by atoms with Gasteiger partial charge in [0.25, 0.3) is 0 Å². The molecule has 56 valence electrons. The van der Waals surface area contributed by atoms with Crippen LogP contribution in [0, 0.1) is 0 Å². The van der Waals surface area contributed by atoms with Crippen molar-refractivity contribution in [2.45, 2.75) is 25.9 Å². The number of hydrogen-bond acceptors (Lipinski definition) is 3. The van der Waals surface area contributed by atoms with Gasteiger partial charge in [-0.25, -0.2) is 0 Å². The fourth-order valence-corrected chi connectivity index (χ4v) is 0.934. The van der Waals surface area contributed by atoms with Crippen molar-refractivity contribution in [3.8, 4) is 0 Å². The van der Waals surface area contributed by atoms with Crippen molar-refractivity contribution in [1.29, 1.82) is 0 Å². The number of carbonyl (C=O) groups excluding carboxylic acids is 1. The van der Waals surface area contributed by atoms with Gasteiger partial charge in [0.15, 0.2) is 0 Å². The third kappa shape index (κ3) is 1.84. The third-order valence-electron chi connectivity index (χ3n) is 1.33. The van der Waals surface area contributed by atoms with Gasteiger partial charge < -0.3 is 9.84 Å². The molecule has 0 spiro atoms. The standard InChI is InChI=1S/C7H10O3/c1-5(8)10-7-3-2-6(9)4-7/h3,6,9H,2,4H2,1H3. The summed E-state index contributed by atoms with van der Waals surface area (Å²) in [5.41, 5.74) is 0. The van der Waals surface area contributed by atoms with E-state index in [-0.39, 0.29) is 12.1 Å². The lowest BCUT2D eigenvalue weighted by Crippen LogP contribution is -2.02. The van der Waals surface area contributed by atoms with E-state index in [9.17, 15) is 4.79 Å². The Kier molecular flexibility index (Phi) is 2.06. The number of ether oxygens (including phenoxy) is 1. The van der Waals surface area contributed by atoms with Crippen molar-refractivity contribution in [3.05, 3.63) is 11.8 Å². The molecule has 0 saturated carbocycles. The van der Waals surface area contributed by atoms with Gasteiger partial charge in [-0.05, 0) is 12.5 Å². The Morgan fingerprint density at radius 1 is 1.90 bits per heavy atom. The largest absolute Gasteiger partial charge is 0.432 e. The van der Waals surface area contributed by atoms with Crippen LogP contribution in [0.4, 0.5) is 0 Å². The van der Waals surface area contributed by atoms with Crippen molar-refractivity contribution in [3.63, 3.8) is 0 Å². The van der Waals surface area contributed by atoms with Crippen LogP contribution < -0.4 is 0 Å². The molecule has 0 aromatic rings. The van der Waals surface area contributed by atoms with Gasteiger partial charge >= 0.3 is 5.97 Å². The van der Waals surface area contributed by atoms with Crippen LogP contribution in [-0.2, 0) is 9.53 Å². The molecule has 0 amide bonds. The average molecular weight is 142 g/mol. The number of aliphatic hydroxyl groups is 1. The molecule has 1 atom stereocenters. The van der Waals surface area contributed by atoms with Gasteiger partial charge in [0.1, 0.15) is 5.76 Å². The summed E-state index contributed by atoms with van der Waals surface area (Å²) in [7, 11) is 0. The van der Waals surface area contributed by atoms with Crippen molar-refractivity contribution >= 4 is 5.97 Å². The molecule has 0 saturated heterocycles. The van der Waals surface area contributed by atoms with Crippen LogP contribution in [0.5, 0.6) is 0 Å². The molecule has 1 aliphatic rings. The zero-order valence-electron chi connectivity index (χ0n) is 5.83. The first-order valence-corrected chi connectivity index (χ1v) is 3.24. The van der Waals surface area contributed by atoms with Gasteiger partial charge in [-0.15, -0.1) is 0 Å². The summed E-state index contributed by atoms with van der Waals surface area (Å²) in [4.78, 5) is 10.4. The maximum atomic E-state index is 10.4. The quantitative estimate of drug-likeness (QED) is 0.545. The highest BCUT2D eigenvalue weighted by molar-refractivity contribution is 5.67. The Balaban J connectivity index is 2.37. The maximum Gasteiger partial charge on any atom is 0.307 e. The van der Waals surface area contributed by atoms with Crippen LogP contribution in [0.2, 0.25) is 0 Å². The number of hydrogen-bond donors (Lipinski definition) is 1. The van der Waals surface area contributed by atoms with Gasteiger partial charge in [0, 0.05) is 13.3 Å². The summed E-state index contributed by atoms with van der Waals surface area (Å²) in [5.74, 6) is 0.278. The highest BCUT2D eigenvalue weighted by atomic mass is 16.5. The molecule has 10 heavy (non-hydrogen) atoms. The van der Waals surface area contributed by atoms with E-state index in [1.807, 2.05) is 0 Å². The Hall–Kier alpha value is -0.830. The molecule has 3 nitrogen and oxygen atoms in total. The monoisotopic (exact) mass is 142 g/mol. The number of rotatable bonds is 1. The summed E-state index contributed by atoms with van der Waals surface area (Å²) in [6, 6.07) is 0. The number of aliphatic hydroxyl groups excluding tert-OH is 1. The van der Waals surface area contributed by atoms with Crippen molar-refractivity contribution in [2.24, 2.45) is 0 Å². The minimum atomic E-state index is -0.352. The second kappa shape index (κ2) is 2.84. The van der Waals surface area contributed by atoms with Gasteiger partial charge in [-0.2, -0.15) is 0 Å². The second-order valence-electron chi connectivity index (χ2n) is 2.36. The van der Waals surface area contributed by atoms with Crippen molar-refractivity contribution in [1.82, 2.24) is 0 Å². The third-order valence-corrected chi connectivity index (χ3v) is 1.33. The van der Waals surface area contributed by atoms with E-state index in [1.54, 1.807) is 6.08 Å². The molecule has 0 aromatic heterocycles. The summed E-state index contributed by atoms with van der Waals surface area (Å²) >= 11 is 0. The van der Waals surface area contributed by atoms with E-state index in [2.05, 4.69) is 0 Å². The van der Waals surface area contributed by atoms with E-state index in [1.165, 1.54) is 6.92 Å². The summed E-state index contributed by atoms with van der Waals surface area (Å²) < 4.78 is 4.74. The highest BCUT2D eigenvalue weighted by Crippen LogP contribution is 2.18. The smallest absolute Gasteiger partial charge is 0.307 e. The van der Waals surface area contributed by atoms with Crippen LogP contribution in [0.25, 0.3) is 0 Å². The number of carbonyl (C=O) groups is 1. The Morgan fingerprint density at radius 3 is 3.00 bits per heavy atom. The SMILES string of the molecule is CC(=O)OC1=CCC(O)C1. The first-order valence-electron chi connectivity index (χ1n) is 3.24. The van der Waals surface area contributed by atoms with Gasteiger partial charge in [-0.1, -0.05) is 0 Å². The summed E-state index contributed by atoms with van der Waals surface area (Å²) in [6.07, 6.45) is 2.46.